The average Bonchev–Trinajstić information content (AvgIpc) is 3.40. The minimum Gasteiger partial charge on any atom is -0.452 e. The van der Waals surface area contributed by atoms with Gasteiger partial charge in [0.2, 0.25) is 0 Å². The number of benzene rings is 2. The van der Waals surface area contributed by atoms with E-state index in [2.05, 4.69) is 17.4 Å². The van der Waals surface area contributed by atoms with E-state index < -0.39 is 5.97 Å². The molecule has 130 valence electrons. The van der Waals surface area contributed by atoms with Gasteiger partial charge in [0.1, 0.15) is 0 Å². The molecule has 1 aliphatic rings. The third kappa shape index (κ3) is 4.14. The zero-order chi connectivity index (χ0) is 17.9. The highest BCUT2D eigenvalue weighted by Crippen LogP contribution is 2.47. The van der Waals surface area contributed by atoms with Gasteiger partial charge < -0.3 is 10.1 Å². The minimum atomic E-state index is -0.713. The summed E-state index contributed by atoms with van der Waals surface area (Å²) in [6, 6.07) is 14.8. The maximum Gasteiger partial charge on any atom is 0.341 e. The number of carbonyl (C=O) groups excluding carboxylic acids is 2. The van der Waals surface area contributed by atoms with Crippen molar-refractivity contribution >= 4 is 35.1 Å². The van der Waals surface area contributed by atoms with Crippen LogP contribution in [0.25, 0.3) is 0 Å². The molecule has 0 unspecified atom stereocenters. The molecule has 1 amide bonds. The molecule has 1 N–H and O–H groups in total. The molecule has 0 bridgehead atoms. The van der Waals surface area contributed by atoms with Crippen molar-refractivity contribution in [3.05, 3.63) is 69.7 Å². The highest BCUT2D eigenvalue weighted by Gasteiger charge is 2.44. The number of hydrogen-bond acceptors (Lipinski definition) is 3. The van der Waals surface area contributed by atoms with Crippen molar-refractivity contribution in [1.29, 1.82) is 0 Å². The molecule has 0 heterocycles. The van der Waals surface area contributed by atoms with Crippen molar-refractivity contribution in [2.24, 2.45) is 0 Å². The molecule has 0 saturated heterocycles. The molecular formula is C19H17Cl2NO3. The Morgan fingerprint density at radius 3 is 2.24 bits per heavy atom. The number of esters is 1. The van der Waals surface area contributed by atoms with Crippen LogP contribution in [0.3, 0.4) is 0 Å². The highest BCUT2D eigenvalue weighted by molar-refractivity contribution is 6.39. The molecule has 25 heavy (non-hydrogen) atoms. The maximum atomic E-state index is 12.1. The SMILES string of the molecule is O=C(COC(=O)c1c(Cl)cccc1Cl)NCC1(c2ccccc2)CC1. The van der Waals surface area contributed by atoms with Crippen LogP contribution >= 0.6 is 23.2 Å². The fraction of sp³-hybridized carbons (Fsp3) is 0.263. The fourth-order valence-electron chi connectivity index (χ4n) is 2.73. The standard InChI is InChI=1S/C19H17Cl2NO3/c20-14-7-4-8-15(21)17(14)18(24)25-11-16(23)22-12-19(9-10-19)13-5-2-1-3-6-13/h1-8H,9-12H2,(H,22,23). The van der Waals surface area contributed by atoms with Crippen LogP contribution in [0.1, 0.15) is 28.8 Å². The second-order valence-electron chi connectivity index (χ2n) is 6.10. The van der Waals surface area contributed by atoms with Gasteiger partial charge in [0, 0.05) is 12.0 Å². The van der Waals surface area contributed by atoms with Crippen molar-refractivity contribution in [2.45, 2.75) is 18.3 Å². The Balaban J connectivity index is 1.51. The molecule has 0 spiro atoms. The number of rotatable bonds is 6. The zero-order valence-corrected chi connectivity index (χ0v) is 14.9. The predicted octanol–water partition coefficient (Wildman–Crippen LogP) is 4.00. The van der Waals surface area contributed by atoms with Crippen molar-refractivity contribution < 1.29 is 14.3 Å². The van der Waals surface area contributed by atoms with E-state index in [1.165, 1.54) is 5.56 Å². The van der Waals surface area contributed by atoms with Gasteiger partial charge in [0.05, 0.1) is 15.6 Å². The maximum absolute atomic E-state index is 12.1. The molecule has 0 aromatic heterocycles. The van der Waals surface area contributed by atoms with Crippen LogP contribution in [-0.4, -0.2) is 25.0 Å². The Morgan fingerprint density at radius 2 is 1.64 bits per heavy atom. The van der Waals surface area contributed by atoms with E-state index in [0.717, 1.165) is 12.8 Å². The van der Waals surface area contributed by atoms with Gasteiger partial charge in [-0.3, -0.25) is 4.79 Å². The van der Waals surface area contributed by atoms with Crippen molar-refractivity contribution in [3.63, 3.8) is 0 Å². The topological polar surface area (TPSA) is 55.4 Å². The number of hydrogen-bond donors (Lipinski definition) is 1. The quantitative estimate of drug-likeness (QED) is 0.774. The number of ether oxygens (including phenoxy) is 1. The van der Waals surface area contributed by atoms with Gasteiger partial charge in [0.15, 0.2) is 6.61 Å². The molecule has 2 aromatic carbocycles. The van der Waals surface area contributed by atoms with Gasteiger partial charge in [-0.05, 0) is 30.5 Å². The highest BCUT2D eigenvalue weighted by atomic mass is 35.5. The van der Waals surface area contributed by atoms with E-state index in [9.17, 15) is 9.59 Å². The van der Waals surface area contributed by atoms with Crippen LogP contribution in [0, 0.1) is 0 Å². The second-order valence-corrected chi connectivity index (χ2v) is 6.91. The normalized spacial score (nSPS) is 14.6. The largest absolute Gasteiger partial charge is 0.452 e. The number of carbonyl (C=O) groups is 2. The third-order valence-electron chi connectivity index (χ3n) is 4.36. The molecule has 3 rings (SSSR count). The summed E-state index contributed by atoms with van der Waals surface area (Å²) in [4.78, 5) is 24.1. The predicted molar refractivity (Wildman–Crippen MR) is 97.1 cm³/mol. The van der Waals surface area contributed by atoms with Gasteiger partial charge in [-0.25, -0.2) is 4.79 Å². The van der Waals surface area contributed by atoms with Crippen LogP contribution in [0.4, 0.5) is 0 Å². The Bertz CT molecular complexity index is 768. The van der Waals surface area contributed by atoms with Crippen LogP contribution in [0.15, 0.2) is 48.5 Å². The summed E-state index contributed by atoms with van der Waals surface area (Å²) in [6.07, 6.45) is 2.07. The van der Waals surface area contributed by atoms with Crippen molar-refractivity contribution in [2.75, 3.05) is 13.2 Å². The first kappa shape index (κ1) is 17.8. The molecule has 0 atom stereocenters. The Labute approximate surface area is 156 Å². The zero-order valence-electron chi connectivity index (χ0n) is 13.4. The number of nitrogens with one attached hydrogen (secondary N) is 1. The number of amides is 1. The molecule has 0 radical (unpaired) electrons. The van der Waals surface area contributed by atoms with Gasteiger partial charge in [-0.1, -0.05) is 59.6 Å². The lowest BCUT2D eigenvalue weighted by molar-refractivity contribution is -0.124. The lowest BCUT2D eigenvalue weighted by Gasteiger charge is -2.16. The summed E-state index contributed by atoms with van der Waals surface area (Å²) in [7, 11) is 0. The summed E-state index contributed by atoms with van der Waals surface area (Å²) < 4.78 is 5.02. The summed E-state index contributed by atoms with van der Waals surface area (Å²) >= 11 is 11.9. The molecule has 1 saturated carbocycles. The smallest absolute Gasteiger partial charge is 0.341 e. The first-order chi connectivity index (χ1) is 12.0. The van der Waals surface area contributed by atoms with Crippen molar-refractivity contribution in [3.8, 4) is 0 Å². The van der Waals surface area contributed by atoms with Gasteiger partial charge in [-0.15, -0.1) is 0 Å². The number of halogens is 2. The Hall–Kier alpha value is -2.04. The molecule has 6 heteroatoms. The molecule has 0 aliphatic heterocycles. The Morgan fingerprint density at radius 1 is 1.00 bits per heavy atom. The van der Waals surface area contributed by atoms with Crippen LogP contribution in [0.5, 0.6) is 0 Å². The summed E-state index contributed by atoms with van der Waals surface area (Å²) in [5, 5.41) is 3.22. The summed E-state index contributed by atoms with van der Waals surface area (Å²) in [5.74, 6) is -1.06. The molecular weight excluding hydrogens is 361 g/mol. The van der Waals surface area contributed by atoms with E-state index in [1.807, 2.05) is 18.2 Å². The van der Waals surface area contributed by atoms with E-state index in [-0.39, 0.29) is 33.5 Å². The van der Waals surface area contributed by atoms with Crippen LogP contribution in [-0.2, 0) is 14.9 Å². The van der Waals surface area contributed by atoms with Crippen LogP contribution < -0.4 is 5.32 Å². The lowest BCUT2D eigenvalue weighted by atomic mass is 9.96. The summed E-state index contributed by atoms with van der Waals surface area (Å²) in [6.45, 7) is 0.158. The van der Waals surface area contributed by atoms with E-state index in [0.29, 0.717) is 6.54 Å². The van der Waals surface area contributed by atoms with Gasteiger partial charge in [-0.2, -0.15) is 0 Å². The third-order valence-corrected chi connectivity index (χ3v) is 4.99. The first-order valence-electron chi connectivity index (χ1n) is 7.95. The second kappa shape index (κ2) is 7.46. The molecule has 4 nitrogen and oxygen atoms in total. The van der Waals surface area contributed by atoms with Crippen molar-refractivity contribution in [1.82, 2.24) is 5.32 Å². The van der Waals surface area contributed by atoms with E-state index in [1.54, 1.807) is 18.2 Å². The monoisotopic (exact) mass is 377 g/mol. The molecule has 1 fully saturated rings. The van der Waals surface area contributed by atoms with E-state index in [4.69, 9.17) is 27.9 Å². The Kier molecular flexibility index (Phi) is 5.30. The van der Waals surface area contributed by atoms with E-state index >= 15 is 0 Å². The molecule has 1 aliphatic carbocycles. The fourth-order valence-corrected chi connectivity index (χ4v) is 3.28. The first-order valence-corrected chi connectivity index (χ1v) is 8.71. The van der Waals surface area contributed by atoms with Gasteiger partial charge in [0.25, 0.3) is 5.91 Å². The van der Waals surface area contributed by atoms with Gasteiger partial charge >= 0.3 is 5.97 Å². The molecule has 2 aromatic rings. The minimum absolute atomic E-state index is 0.00692. The lowest BCUT2D eigenvalue weighted by Crippen LogP contribution is -2.35. The summed E-state index contributed by atoms with van der Waals surface area (Å²) in [5.41, 5.74) is 1.30. The van der Waals surface area contributed by atoms with Crippen LogP contribution in [0.2, 0.25) is 10.0 Å². The average molecular weight is 378 g/mol.